The van der Waals surface area contributed by atoms with Gasteiger partial charge in [0.15, 0.2) is 0 Å². The molecule has 0 atom stereocenters. The van der Waals surface area contributed by atoms with E-state index in [0.717, 1.165) is 205 Å². The average Bonchev–Trinajstić information content (AvgIpc) is 1.24. The van der Waals surface area contributed by atoms with Crippen molar-refractivity contribution in [1.29, 1.82) is 0 Å². The van der Waals surface area contributed by atoms with E-state index in [9.17, 15) is 0 Å². The molecule has 2 aliphatic heterocycles. The summed E-state index contributed by atoms with van der Waals surface area (Å²) in [4.78, 5) is 260. The molecule has 2 aliphatic rings. The van der Waals surface area contributed by atoms with Gasteiger partial charge in [-0.15, -0.1) is 0 Å². The molecule has 0 spiro atoms. The van der Waals surface area contributed by atoms with Gasteiger partial charge in [0.2, 0.25) is 0 Å². The van der Waals surface area contributed by atoms with E-state index >= 15 is 76.7 Å². The molecule has 14 aromatic carbocycles. The van der Waals surface area contributed by atoms with Crippen LogP contribution in [-0.2, 0) is 0 Å². The first kappa shape index (κ1) is 96.9. The summed E-state index contributed by atoms with van der Waals surface area (Å²) >= 11 is 0. The van der Waals surface area contributed by atoms with Crippen molar-refractivity contribution >= 4 is 207 Å². The van der Waals surface area contributed by atoms with Crippen molar-refractivity contribution in [2.24, 2.45) is 0 Å². The summed E-state index contributed by atoms with van der Waals surface area (Å²) < 4.78 is 6.46. The largest absolute Gasteiger partial charge is 0.281 e. The van der Waals surface area contributed by atoms with Gasteiger partial charge >= 0.3 is 0 Å². The van der Waals surface area contributed by atoms with Crippen molar-refractivity contribution in [3.05, 3.63) is 244 Å². The van der Waals surface area contributed by atoms with Crippen molar-refractivity contribution in [2.75, 3.05) is 10.0 Å². The number of imide groups is 2. The lowest BCUT2D eigenvalue weighted by molar-refractivity contribution is 0.0829. The van der Waals surface area contributed by atoms with E-state index in [1.165, 1.54) is 42.5 Å². The summed E-state index contributed by atoms with van der Waals surface area (Å²) in [6.45, 7) is 16.9. The second-order valence-corrected chi connectivity index (χ2v) is 42.6. The van der Waals surface area contributed by atoms with Crippen molar-refractivity contribution < 1.29 is 19.2 Å². The summed E-state index contributed by atoms with van der Waals surface area (Å²) in [7, 11) is 0. The van der Waals surface area contributed by atoms with Crippen LogP contribution in [0.2, 0.25) is 0 Å². The second kappa shape index (κ2) is 38.5. The van der Waals surface area contributed by atoms with E-state index < -0.39 is 115 Å². The topological polar surface area (TPSA) is 309 Å². The van der Waals surface area contributed by atoms with Crippen LogP contribution in [0.4, 0.5) is 0 Å². The SMILES string of the molecule is CCCCCCC(CCCCCC)n1c(=O)c2ccc3c4ccc5c(=O)n(C(CCCCCC)CCCCCC)c(=O)c6cc7c8c(=O)n(N9C(=O)c%10ccc%11c%12c(ccc(c%10%12)C9=O)C(=O)N(n9c(=O)c%10c%12cc%13c(=O)n(C(CCCCCC)CCCCCC)c(=O)c%14ccc%15c%16ccc%17c(=O)n(C(CCCCCC)CCCCCC)c(=O)c%18cc(c%10c9=O)c(c%16c%17%18)c%12c%15c%14%13)C%11=O)c(=O)c8c8cc(c1=O)c2c3c8c7c4c56. The number of fused-ring (bicyclic) bond motifs is 8. The Morgan fingerprint density at radius 3 is 0.500 bits per heavy atom. The van der Waals surface area contributed by atoms with Crippen LogP contribution in [-0.4, -0.2) is 51.2 Å². The minimum absolute atomic E-state index is 0.0708. The molecule has 24 nitrogen and oxygen atoms in total. The summed E-state index contributed by atoms with van der Waals surface area (Å²) in [5, 5.41) is 7.18. The third-order valence-corrected chi connectivity index (χ3v) is 33.8. The maximum absolute atomic E-state index is 16.8. The molecule has 0 saturated heterocycles. The normalized spacial score (nSPS) is 13.7. The molecular weight excluding hydrogens is 1830 g/mol. The summed E-state index contributed by atoms with van der Waals surface area (Å²) in [6.07, 6.45) is 32.8. The molecule has 4 amide bonds. The Morgan fingerprint density at radius 2 is 0.322 bits per heavy atom. The zero-order valence-electron chi connectivity index (χ0n) is 84.9. The molecule has 0 aliphatic carbocycles. The van der Waals surface area contributed by atoms with Gasteiger partial charge in [-0.2, -0.15) is 19.4 Å². The number of hydrogen-bond acceptors (Lipinski definition) is 16. The van der Waals surface area contributed by atoms with E-state index in [2.05, 4.69) is 55.4 Å². The molecule has 0 saturated carbocycles. The minimum Gasteiger partial charge on any atom is -0.271 e. The Bertz CT molecular complexity index is 8420. The van der Waals surface area contributed by atoms with Gasteiger partial charge in [0, 0.05) is 99.6 Å². The van der Waals surface area contributed by atoms with Crippen LogP contribution in [0, 0.1) is 0 Å². The zero-order chi connectivity index (χ0) is 102. The van der Waals surface area contributed by atoms with E-state index in [4.69, 9.17) is 0 Å². The fraction of sp³-hybridized carbons (Fsp3) is 0.426. The fourth-order valence-corrected chi connectivity index (χ4v) is 26.8. The number of carbonyl (C=O) groups excluding carboxylic acids is 4. The second-order valence-electron chi connectivity index (χ2n) is 42.6. The van der Waals surface area contributed by atoms with Crippen molar-refractivity contribution in [3.8, 4) is 0 Å². The predicted molar refractivity (Wildman–Crippen MR) is 592 cm³/mol. The number of rotatable bonds is 46. The van der Waals surface area contributed by atoms with Crippen molar-refractivity contribution in [3.63, 3.8) is 0 Å². The lowest BCUT2D eigenvalue weighted by atomic mass is 9.81. The van der Waals surface area contributed by atoms with Gasteiger partial charge in [-0.05, 0) is 210 Å². The Labute approximate surface area is 838 Å². The molecular formula is C122H124N8O16. The molecule has 0 bridgehead atoms. The van der Waals surface area contributed by atoms with Gasteiger partial charge < -0.3 is 0 Å². The number of carbonyl (C=O) groups is 4. The van der Waals surface area contributed by atoms with E-state index in [1.807, 2.05) is 24.3 Å². The highest BCUT2D eigenvalue weighted by molar-refractivity contribution is 6.51. The van der Waals surface area contributed by atoms with Crippen LogP contribution in [0.1, 0.15) is 378 Å². The Balaban J connectivity index is 0.744. The molecule has 20 aromatic rings. The van der Waals surface area contributed by atoms with Gasteiger partial charge in [-0.25, -0.2) is 0 Å². The number of hydrogen-bond donors (Lipinski definition) is 0. The summed E-state index contributed by atoms with van der Waals surface area (Å²) in [5.74, 6) is -4.99. The molecule has 6 aromatic heterocycles. The van der Waals surface area contributed by atoms with Gasteiger partial charge in [-0.1, -0.05) is 285 Å². The molecule has 748 valence electrons. The summed E-state index contributed by atoms with van der Waals surface area (Å²) in [6, 6.07) is 23.2. The monoisotopic (exact) mass is 1960 g/mol. The van der Waals surface area contributed by atoms with Crippen LogP contribution < -0.4 is 76.7 Å². The van der Waals surface area contributed by atoms with Crippen LogP contribution in [0.5, 0.6) is 0 Å². The minimum atomic E-state index is -1.25. The van der Waals surface area contributed by atoms with Gasteiger partial charge in [0.05, 0.1) is 43.8 Å². The molecule has 146 heavy (non-hydrogen) atoms. The van der Waals surface area contributed by atoms with Gasteiger partial charge in [0.25, 0.3) is 90.3 Å². The van der Waals surface area contributed by atoms with Crippen LogP contribution in [0.25, 0.3) is 183 Å². The average molecular weight is 1960 g/mol. The maximum Gasteiger partial charge on any atom is 0.281 e. The molecule has 0 radical (unpaired) electrons. The molecule has 0 N–H and O–H groups in total. The predicted octanol–water partition coefficient (Wildman–Crippen LogP) is 24.6. The zero-order valence-corrected chi connectivity index (χ0v) is 84.9. The number of benzene rings is 14. The standard InChI is InChI=1S/C122H124N8O16/c1-9-17-25-33-41-65(42-34-26-18-10-2)123-107(131)73-53-49-69-70-50-54-74-92-86(112(136)124(108(74)132)66(43-35-27-19-11-3)44-36-28-20-12-4)62-82-100(96(70)92)99-81(61-85(111(123)135)91(73)95(69)99)103-104(82)120(144)129(119(103)143)127-115(139)77-57-59-79-90-80(60-58-78(89(77)90)116(127)140)118(142)128(117(79)141)130-121(145)105-83-63-87-93-75(109(133)125(113(87)137)67(45-37-29-21-13-5)46-38-30-22-14-6)55-51-71-72-52-56-76-94-88(64-84(106(105)122(130)146)102(98(72)94)101(83)97(71)93)114(138)126(110(76)134)68(47-39-31-23-15-7)48-40-32-24-16-8/h49-68H,9-48H2,1-8H3. The Hall–Kier alpha value is -13.9. The van der Waals surface area contributed by atoms with Crippen LogP contribution in [0.3, 0.4) is 0 Å². The van der Waals surface area contributed by atoms with Crippen LogP contribution >= 0.6 is 0 Å². The maximum atomic E-state index is 16.8. The lowest BCUT2D eigenvalue weighted by Crippen LogP contribution is -2.56. The van der Waals surface area contributed by atoms with Gasteiger partial charge in [0.1, 0.15) is 0 Å². The highest BCUT2D eigenvalue weighted by Gasteiger charge is 2.46. The van der Waals surface area contributed by atoms with E-state index in [1.54, 1.807) is 48.5 Å². The lowest BCUT2D eigenvalue weighted by Gasteiger charge is -2.31. The van der Waals surface area contributed by atoms with Gasteiger partial charge in [-0.3, -0.25) is 95.0 Å². The smallest absolute Gasteiger partial charge is 0.271 e. The number of aromatic nitrogens is 6. The Kier molecular flexibility index (Phi) is 25.5. The third kappa shape index (κ3) is 14.4. The number of unbranched alkanes of at least 4 members (excludes halogenated alkanes) is 24. The highest BCUT2D eigenvalue weighted by Crippen LogP contribution is 2.54. The first-order valence-electron chi connectivity index (χ1n) is 54.7. The number of amides is 4. The molecule has 24 heteroatoms. The molecule has 8 heterocycles. The third-order valence-electron chi connectivity index (χ3n) is 33.8. The quantitative estimate of drug-likeness (QED) is 0.0148. The first-order chi connectivity index (χ1) is 71.0. The summed E-state index contributed by atoms with van der Waals surface area (Å²) in [5.41, 5.74) is -10.4. The van der Waals surface area contributed by atoms with E-state index in [0.29, 0.717) is 157 Å². The molecule has 0 unspecified atom stereocenters. The molecule has 0 fully saturated rings. The number of pyridine rings is 4. The number of nitrogens with zero attached hydrogens (tertiary/aromatic N) is 8. The Morgan fingerprint density at radius 1 is 0.158 bits per heavy atom. The van der Waals surface area contributed by atoms with E-state index in [-0.39, 0.29) is 119 Å². The highest BCUT2D eigenvalue weighted by atomic mass is 16.2. The van der Waals surface area contributed by atoms with Crippen LogP contribution in [0.15, 0.2) is 155 Å². The molecule has 22 rings (SSSR count). The first-order valence-corrected chi connectivity index (χ1v) is 54.7. The van der Waals surface area contributed by atoms with Crippen molar-refractivity contribution in [1.82, 2.24) is 27.6 Å². The fourth-order valence-electron chi connectivity index (χ4n) is 26.8. The van der Waals surface area contributed by atoms with Crippen molar-refractivity contribution in [2.45, 2.75) is 336 Å².